The molecule has 0 fully saturated rings. The van der Waals surface area contributed by atoms with Crippen molar-refractivity contribution in [3.05, 3.63) is 89.5 Å². The maximum atomic E-state index is 13.9. The molecule has 3 aromatic rings. The predicted octanol–water partition coefficient (Wildman–Crippen LogP) is 8.00. The van der Waals surface area contributed by atoms with Gasteiger partial charge in [0, 0.05) is 25.2 Å². The Balaban J connectivity index is 1.79. The van der Waals surface area contributed by atoms with Crippen LogP contribution in [-0.4, -0.2) is 55.6 Å². The molecule has 42 heavy (non-hydrogen) atoms. The van der Waals surface area contributed by atoms with Crippen LogP contribution in [0.3, 0.4) is 0 Å². The number of ether oxygens (including phenoxy) is 3. The van der Waals surface area contributed by atoms with Gasteiger partial charge in [-0.1, -0.05) is 76.4 Å². The lowest BCUT2D eigenvalue weighted by Gasteiger charge is -2.28. The summed E-state index contributed by atoms with van der Waals surface area (Å²) < 4.78 is 17.6. The molecule has 0 unspecified atom stereocenters. The first-order valence-corrected chi connectivity index (χ1v) is 15.7. The molecule has 3 rings (SSSR count). The third-order valence-corrected chi connectivity index (χ3v) is 7.34. The lowest BCUT2D eigenvalue weighted by atomic mass is 10.1. The SMILES string of the molecule is CCCCOc1ccc(C(=O)N(CCN(CCCC)CCCC)Cc2ccc(OC)c(OCc3ccccc3)c2)cc1. The average Bonchev–Trinajstić information content (AvgIpc) is 3.03. The van der Waals surface area contributed by atoms with Crippen LogP contribution in [0.1, 0.15) is 80.8 Å². The number of nitrogens with zero attached hydrogens (tertiary/aromatic N) is 2. The van der Waals surface area contributed by atoms with Crippen molar-refractivity contribution in [2.75, 3.05) is 39.9 Å². The van der Waals surface area contributed by atoms with Gasteiger partial charge in [-0.15, -0.1) is 0 Å². The zero-order valence-corrected chi connectivity index (χ0v) is 26.1. The summed E-state index contributed by atoms with van der Waals surface area (Å²) >= 11 is 0. The van der Waals surface area contributed by atoms with Gasteiger partial charge in [-0.3, -0.25) is 4.79 Å². The van der Waals surface area contributed by atoms with Gasteiger partial charge in [-0.05, 0) is 79.9 Å². The Morgan fingerprint density at radius 3 is 2.02 bits per heavy atom. The highest BCUT2D eigenvalue weighted by atomic mass is 16.5. The molecule has 6 heteroatoms. The molecule has 0 atom stereocenters. The van der Waals surface area contributed by atoms with Crippen LogP contribution < -0.4 is 14.2 Å². The summed E-state index contributed by atoms with van der Waals surface area (Å²) in [5, 5.41) is 0. The second kappa shape index (κ2) is 18.8. The minimum atomic E-state index is 0.0172. The van der Waals surface area contributed by atoms with E-state index in [1.54, 1.807) is 7.11 Å². The molecule has 3 aromatic carbocycles. The number of rotatable bonds is 20. The van der Waals surface area contributed by atoms with Crippen molar-refractivity contribution in [1.82, 2.24) is 9.80 Å². The molecule has 6 nitrogen and oxygen atoms in total. The fourth-order valence-corrected chi connectivity index (χ4v) is 4.71. The van der Waals surface area contributed by atoms with E-state index in [4.69, 9.17) is 14.2 Å². The fourth-order valence-electron chi connectivity index (χ4n) is 4.71. The number of carbonyl (C=O) groups excluding carboxylic acids is 1. The van der Waals surface area contributed by atoms with E-state index in [1.807, 2.05) is 77.7 Å². The quantitative estimate of drug-likeness (QED) is 0.128. The van der Waals surface area contributed by atoms with Gasteiger partial charge < -0.3 is 24.0 Å². The van der Waals surface area contributed by atoms with E-state index in [-0.39, 0.29) is 5.91 Å². The molecule has 0 N–H and O–H groups in total. The third-order valence-electron chi connectivity index (χ3n) is 7.34. The van der Waals surface area contributed by atoms with Crippen LogP contribution in [0.2, 0.25) is 0 Å². The first kappa shape index (κ1) is 33.0. The molecule has 0 saturated heterocycles. The molecular weight excluding hydrogens is 524 g/mol. The number of benzene rings is 3. The van der Waals surface area contributed by atoms with Crippen LogP contribution in [-0.2, 0) is 13.2 Å². The Bertz CT molecular complexity index is 1160. The van der Waals surface area contributed by atoms with E-state index in [9.17, 15) is 4.79 Å². The molecule has 228 valence electrons. The van der Waals surface area contributed by atoms with Crippen molar-refractivity contribution in [3.8, 4) is 17.2 Å². The largest absolute Gasteiger partial charge is 0.494 e. The maximum absolute atomic E-state index is 13.9. The fraction of sp³-hybridized carbons (Fsp3) is 0.472. The Morgan fingerprint density at radius 1 is 0.690 bits per heavy atom. The number of carbonyl (C=O) groups is 1. The normalized spacial score (nSPS) is 11.0. The number of methoxy groups -OCH3 is 1. The Kier molecular flexibility index (Phi) is 14.8. The molecule has 0 aromatic heterocycles. The Morgan fingerprint density at radius 2 is 1.38 bits per heavy atom. The Labute approximate surface area is 253 Å². The van der Waals surface area contributed by atoms with Crippen LogP contribution in [0, 0.1) is 0 Å². The maximum Gasteiger partial charge on any atom is 0.254 e. The highest BCUT2D eigenvalue weighted by molar-refractivity contribution is 5.94. The van der Waals surface area contributed by atoms with Crippen molar-refractivity contribution >= 4 is 5.91 Å². The lowest BCUT2D eigenvalue weighted by molar-refractivity contribution is 0.0720. The van der Waals surface area contributed by atoms with Crippen LogP contribution in [0.5, 0.6) is 17.2 Å². The summed E-state index contributed by atoms with van der Waals surface area (Å²) in [6.07, 6.45) is 6.75. The van der Waals surface area contributed by atoms with Crippen LogP contribution >= 0.6 is 0 Å². The molecule has 0 spiro atoms. The predicted molar refractivity (Wildman–Crippen MR) is 172 cm³/mol. The first-order chi connectivity index (χ1) is 20.6. The van der Waals surface area contributed by atoms with Gasteiger partial charge in [-0.25, -0.2) is 0 Å². The molecule has 0 saturated carbocycles. The van der Waals surface area contributed by atoms with Gasteiger partial charge in [0.25, 0.3) is 5.91 Å². The van der Waals surface area contributed by atoms with E-state index in [1.165, 1.54) is 0 Å². The summed E-state index contributed by atoms with van der Waals surface area (Å²) in [5.74, 6) is 2.17. The number of amides is 1. The number of unbranched alkanes of at least 4 members (excludes halogenated alkanes) is 3. The summed E-state index contributed by atoms with van der Waals surface area (Å²) in [4.78, 5) is 18.4. The first-order valence-electron chi connectivity index (χ1n) is 15.7. The van der Waals surface area contributed by atoms with Crippen LogP contribution in [0.15, 0.2) is 72.8 Å². The van der Waals surface area contributed by atoms with Gasteiger partial charge in [0.1, 0.15) is 12.4 Å². The van der Waals surface area contributed by atoms with E-state index in [2.05, 4.69) is 25.7 Å². The zero-order valence-electron chi connectivity index (χ0n) is 26.1. The van der Waals surface area contributed by atoms with Gasteiger partial charge in [0.05, 0.1) is 13.7 Å². The molecule has 0 radical (unpaired) electrons. The van der Waals surface area contributed by atoms with Crippen LogP contribution in [0.25, 0.3) is 0 Å². The van der Waals surface area contributed by atoms with Crippen molar-refractivity contribution in [2.45, 2.75) is 72.4 Å². The highest BCUT2D eigenvalue weighted by Crippen LogP contribution is 2.30. The molecule has 0 aliphatic carbocycles. The molecule has 0 bridgehead atoms. The Hall–Kier alpha value is -3.51. The molecule has 0 aliphatic heterocycles. The monoisotopic (exact) mass is 574 g/mol. The summed E-state index contributed by atoms with van der Waals surface area (Å²) in [5.41, 5.74) is 2.75. The van der Waals surface area contributed by atoms with E-state index < -0.39 is 0 Å². The van der Waals surface area contributed by atoms with Gasteiger partial charge >= 0.3 is 0 Å². The van der Waals surface area contributed by atoms with Gasteiger partial charge in [0.15, 0.2) is 11.5 Å². The van der Waals surface area contributed by atoms with Crippen molar-refractivity contribution < 1.29 is 19.0 Å². The van der Waals surface area contributed by atoms with Crippen molar-refractivity contribution in [1.29, 1.82) is 0 Å². The van der Waals surface area contributed by atoms with Gasteiger partial charge in [-0.2, -0.15) is 0 Å². The molecule has 1 amide bonds. The summed E-state index contributed by atoms with van der Waals surface area (Å²) in [6, 6.07) is 23.6. The highest BCUT2D eigenvalue weighted by Gasteiger charge is 2.19. The van der Waals surface area contributed by atoms with E-state index in [0.717, 1.165) is 75.0 Å². The van der Waals surface area contributed by atoms with E-state index >= 15 is 0 Å². The van der Waals surface area contributed by atoms with Crippen molar-refractivity contribution in [2.24, 2.45) is 0 Å². The summed E-state index contributed by atoms with van der Waals surface area (Å²) in [6.45, 7) is 11.8. The second-order valence-electron chi connectivity index (χ2n) is 10.8. The average molecular weight is 575 g/mol. The second-order valence-corrected chi connectivity index (χ2v) is 10.8. The minimum Gasteiger partial charge on any atom is -0.494 e. The zero-order chi connectivity index (χ0) is 30.0. The standard InChI is InChI=1S/C36H50N2O4/c1-5-8-22-37(23-9-6-2)24-25-38(36(39)32-17-19-33(20-18-32)41-26-10-7-3)28-31-16-21-34(40-4)35(27-31)42-29-30-14-12-11-13-15-30/h11-21,27H,5-10,22-26,28-29H2,1-4H3. The smallest absolute Gasteiger partial charge is 0.254 e. The van der Waals surface area contributed by atoms with Crippen LogP contribution in [0.4, 0.5) is 0 Å². The molecule has 0 aliphatic rings. The number of hydrogen-bond donors (Lipinski definition) is 0. The lowest BCUT2D eigenvalue weighted by Crippen LogP contribution is -2.39. The summed E-state index contributed by atoms with van der Waals surface area (Å²) in [7, 11) is 1.65. The molecule has 0 heterocycles. The van der Waals surface area contributed by atoms with E-state index in [0.29, 0.717) is 43.4 Å². The van der Waals surface area contributed by atoms with Crippen molar-refractivity contribution in [3.63, 3.8) is 0 Å². The topological polar surface area (TPSA) is 51.2 Å². The third kappa shape index (κ3) is 11.1. The molecular formula is C36H50N2O4. The minimum absolute atomic E-state index is 0.0172. The van der Waals surface area contributed by atoms with Gasteiger partial charge in [0.2, 0.25) is 0 Å². The number of hydrogen-bond acceptors (Lipinski definition) is 5.